The van der Waals surface area contributed by atoms with Crippen LogP contribution in [0.4, 0.5) is 5.69 Å². The summed E-state index contributed by atoms with van der Waals surface area (Å²) in [5, 5.41) is 11.5. The van der Waals surface area contributed by atoms with Gasteiger partial charge in [0.25, 0.3) is 5.91 Å². The number of rotatable bonds is 6. The number of anilines is 1. The summed E-state index contributed by atoms with van der Waals surface area (Å²) in [5.74, 6) is -1.04. The standard InChI is InChI=1S/C22H16N2O5/c1-14(25)15-6-8-16(9-7-15)19-10-11-20(29-19)22(27)28-13-21(26)24-18-5-3-2-4-17(18)12-23/h2-11H,13H2,1H3,(H,24,26). The molecule has 3 aromatic rings. The number of ketones is 1. The van der Waals surface area contributed by atoms with E-state index in [1.165, 1.54) is 13.0 Å². The number of esters is 1. The van der Waals surface area contributed by atoms with Gasteiger partial charge in [0.05, 0.1) is 11.3 Å². The lowest BCUT2D eigenvalue weighted by molar-refractivity contribution is -0.119. The van der Waals surface area contributed by atoms with Crippen LogP contribution in [0.3, 0.4) is 0 Å². The maximum Gasteiger partial charge on any atom is 0.374 e. The van der Waals surface area contributed by atoms with Crippen molar-refractivity contribution in [1.82, 2.24) is 0 Å². The number of hydrogen-bond acceptors (Lipinski definition) is 6. The normalized spacial score (nSPS) is 10.1. The third kappa shape index (κ3) is 4.76. The molecule has 2 aromatic carbocycles. The molecule has 29 heavy (non-hydrogen) atoms. The van der Waals surface area contributed by atoms with Crippen LogP contribution in [-0.2, 0) is 9.53 Å². The van der Waals surface area contributed by atoms with Gasteiger partial charge in [-0.1, -0.05) is 36.4 Å². The summed E-state index contributed by atoms with van der Waals surface area (Å²) in [6.07, 6.45) is 0. The number of ether oxygens (including phenoxy) is 1. The maximum atomic E-state index is 12.1. The molecule has 7 nitrogen and oxygen atoms in total. The number of furan rings is 1. The first-order valence-electron chi connectivity index (χ1n) is 8.65. The Morgan fingerprint density at radius 1 is 1.03 bits per heavy atom. The first kappa shape index (κ1) is 19.6. The minimum absolute atomic E-state index is 0.0454. The summed E-state index contributed by atoms with van der Waals surface area (Å²) in [6.45, 7) is 0.951. The van der Waals surface area contributed by atoms with E-state index in [1.54, 1.807) is 54.6 Å². The fourth-order valence-corrected chi connectivity index (χ4v) is 2.55. The molecule has 144 valence electrons. The van der Waals surface area contributed by atoms with Gasteiger partial charge < -0.3 is 14.5 Å². The Morgan fingerprint density at radius 2 is 1.76 bits per heavy atom. The Labute approximate surface area is 166 Å². The summed E-state index contributed by atoms with van der Waals surface area (Å²) in [7, 11) is 0. The van der Waals surface area contributed by atoms with E-state index in [9.17, 15) is 14.4 Å². The highest BCUT2D eigenvalue weighted by Crippen LogP contribution is 2.23. The molecular formula is C22H16N2O5. The third-order valence-corrected chi connectivity index (χ3v) is 4.04. The van der Waals surface area contributed by atoms with Crippen LogP contribution in [-0.4, -0.2) is 24.3 Å². The van der Waals surface area contributed by atoms with E-state index in [0.29, 0.717) is 28.1 Å². The van der Waals surface area contributed by atoms with Crippen molar-refractivity contribution in [2.45, 2.75) is 6.92 Å². The number of nitrogens with zero attached hydrogens (tertiary/aromatic N) is 1. The molecule has 0 aliphatic carbocycles. The summed E-state index contributed by atoms with van der Waals surface area (Å²) < 4.78 is 10.4. The summed E-state index contributed by atoms with van der Waals surface area (Å²) in [5.41, 5.74) is 1.91. The smallest absolute Gasteiger partial charge is 0.374 e. The van der Waals surface area contributed by atoms with Gasteiger partial charge in [-0.15, -0.1) is 0 Å². The van der Waals surface area contributed by atoms with E-state index in [0.717, 1.165) is 0 Å². The second-order valence-corrected chi connectivity index (χ2v) is 6.08. The van der Waals surface area contributed by atoms with E-state index in [-0.39, 0.29) is 11.5 Å². The number of amides is 1. The molecular weight excluding hydrogens is 372 g/mol. The highest BCUT2D eigenvalue weighted by molar-refractivity contribution is 5.96. The van der Waals surface area contributed by atoms with E-state index in [1.807, 2.05) is 6.07 Å². The molecule has 0 unspecified atom stereocenters. The summed E-state index contributed by atoms with van der Waals surface area (Å²) in [6, 6.07) is 18.3. The number of carbonyl (C=O) groups excluding carboxylic acids is 3. The van der Waals surface area contributed by atoms with Crippen molar-refractivity contribution >= 4 is 23.3 Å². The number of hydrogen-bond donors (Lipinski definition) is 1. The molecule has 0 bridgehead atoms. The van der Waals surface area contributed by atoms with Crippen molar-refractivity contribution in [2.75, 3.05) is 11.9 Å². The van der Waals surface area contributed by atoms with Crippen LogP contribution in [0.15, 0.2) is 65.1 Å². The molecule has 1 heterocycles. The van der Waals surface area contributed by atoms with Crippen molar-refractivity contribution in [3.05, 3.63) is 77.6 Å². The summed E-state index contributed by atoms with van der Waals surface area (Å²) in [4.78, 5) is 35.4. The van der Waals surface area contributed by atoms with E-state index in [4.69, 9.17) is 14.4 Å². The second-order valence-electron chi connectivity index (χ2n) is 6.08. The Kier molecular flexibility index (Phi) is 5.85. The molecule has 0 aliphatic rings. The van der Waals surface area contributed by atoms with E-state index in [2.05, 4.69) is 5.32 Å². The van der Waals surface area contributed by atoms with Crippen LogP contribution in [0.25, 0.3) is 11.3 Å². The Morgan fingerprint density at radius 3 is 2.45 bits per heavy atom. The first-order chi connectivity index (χ1) is 14.0. The zero-order valence-corrected chi connectivity index (χ0v) is 15.5. The number of nitrogens with one attached hydrogen (secondary N) is 1. The number of nitriles is 1. The molecule has 0 aliphatic heterocycles. The quantitative estimate of drug-likeness (QED) is 0.508. The van der Waals surface area contributed by atoms with Crippen LogP contribution in [0.5, 0.6) is 0 Å². The molecule has 0 spiro atoms. The lowest BCUT2D eigenvalue weighted by Gasteiger charge is -2.07. The average molecular weight is 388 g/mol. The van der Waals surface area contributed by atoms with Crippen molar-refractivity contribution < 1.29 is 23.5 Å². The molecule has 3 rings (SSSR count). The zero-order valence-electron chi connectivity index (χ0n) is 15.5. The number of Topliss-reactive ketones (excluding diaryl/α,β-unsaturated/α-hetero) is 1. The number of para-hydroxylation sites is 1. The van der Waals surface area contributed by atoms with Crippen LogP contribution in [0, 0.1) is 11.3 Å². The molecule has 0 fully saturated rings. The predicted octanol–water partition coefficient (Wildman–Crippen LogP) is 3.82. The highest BCUT2D eigenvalue weighted by Gasteiger charge is 2.16. The van der Waals surface area contributed by atoms with Crippen LogP contribution in [0.1, 0.15) is 33.4 Å². The molecule has 0 atom stereocenters. The number of benzene rings is 2. The van der Waals surface area contributed by atoms with Gasteiger partial charge in [0.2, 0.25) is 5.76 Å². The summed E-state index contributed by atoms with van der Waals surface area (Å²) >= 11 is 0. The minimum atomic E-state index is -0.791. The molecule has 1 aromatic heterocycles. The van der Waals surface area contributed by atoms with Crippen LogP contribution < -0.4 is 5.32 Å². The molecule has 1 N–H and O–H groups in total. The minimum Gasteiger partial charge on any atom is -0.450 e. The van der Waals surface area contributed by atoms with Gasteiger partial charge in [0, 0.05) is 11.1 Å². The Hall–Kier alpha value is -4.18. The number of carbonyl (C=O) groups is 3. The first-order valence-corrected chi connectivity index (χ1v) is 8.65. The molecule has 7 heteroatoms. The second kappa shape index (κ2) is 8.67. The average Bonchev–Trinajstić information content (AvgIpc) is 3.23. The molecule has 0 saturated heterocycles. The van der Waals surface area contributed by atoms with Crippen molar-refractivity contribution in [1.29, 1.82) is 5.26 Å². The predicted molar refractivity (Wildman–Crippen MR) is 104 cm³/mol. The van der Waals surface area contributed by atoms with Gasteiger partial charge in [-0.2, -0.15) is 5.26 Å². The third-order valence-electron chi connectivity index (χ3n) is 4.04. The van der Waals surface area contributed by atoms with Crippen LogP contribution in [0.2, 0.25) is 0 Å². The SMILES string of the molecule is CC(=O)c1ccc(-c2ccc(C(=O)OCC(=O)Nc3ccccc3C#N)o2)cc1. The van der Waals surface area contributed by atoms with Crippen molar-refractivity contribution in [3.8, 4) is 17.4 Å². The monoisotopic (exact) mass is 388 g/mol. The Balaban J connectivity index is 1.59. The topological polar surface area (TPSA) is 109 Å². The Bertz CT molecular complexity index is 1110. The maximum absolute atomic E-state index is 12.1. The van der Waals surface area contributed by atoms with Gasteiger partial charge in [-0.25, -0.2) is 4.79 Å². The lowest BCUT2D eigenvalue weighted by atomic mass is 10.1. The fraction of sp³-hybridized carbons (Fsp3) is 0.0909. The fourth-order valence-electron chi connectivity index (χ4n) is 2.55. The molecule has 0 radical (unpaired) electrons. The zero-order chi connectivity index (χ0) is 20.8. The van der Waals surface area contributed by atoms with Gasteiger partial charge in [0.15, 0.2) is 12.4 Å². The van der Waals surface area contributed by atoms with Gasteiger partial charge >= 0.3 is 5.97 Å². The highest BCUT2D eigenvalue weighted by atomic mass is 16.5. The van der Waals surface area contributed by atoms with E-state index >= 15 is 0 Å². The molecule has 0 saturated carbocycles. The lowest BCUT2D eigenvalue weighted by Crippen LogP contribution is -2.21. The molecule has 1 amide bonds. The van der Waals surface area contributed by atoms with Crippen molar-refractivity contribution in [3.63, 3.8) is 0 Å². The van der Waals surface area contributed by atoms with Gasteiger partial charge in [0.1, 0.15) is 11.8 Å². The van der Waals surface area contributed by atoms with Gasteiger partial charge in [-0.05, 0) is 31.2 Å². The van der Waals surface area contributed by atoms with Gasteiger partial charge in [-0.3, -0.25) is 9.59 Å². The van der Waals surface area contributed by atoms with E-state index < -0.39 is 18.5 Å². The van der Waals surface area contributed by atoms with Crippen LogP contribution >= 0.6 is 0 Å². The van der Waals surface area contributed by atoms with Crippen molar-refractivity contribution in [2.24, 2.45) is 0 Å². The largest absolute Gasteiger partial charge is 0.450 e.